The second-order valence-electron chi connectivity index (χ2n) is 5.66. The third-order valence-corrected chi connectivity index (χ3v) is 4.22. The summed E-state index contributed by atoms with van der Waals surface area (Å²) >= 11 is 0. The summed E-state index contributed by atoms with van der Waals surface area (Å²) in [5.41, 5.74) is 0.532. The molecule has 1 N–H and O–H groups in total. The molecule has 1 aromatic heterocycles. The first-order valence-corrected chi connectivity index (χ1v) is 7.55. The van der Waals surface area contributed by atoms with E-state index in [0.29, 0.717) is 24.9 Å². The van der Waals surface area contributed by atoms with Crippen molar-refractivity contribution >= 4 is 17.8 Å². The van der Waals surface area contributed by atoms with Gasteiger partial charge in [-0.2, -0.15) is 0 Å². The van der Waals surface area contributed by atoms with Crippen molar-refractivity contribution in [1.29, 1.82) is 0 Å². The van der Waals surface area contributed by atoms with Crippen LogP contribution in [0.4, 0.5) is 4.79 Å². The Morgan fingerprint density at radius 3 is 2.83 bits per heavy atom. The molecule has 0 aromatic carbocycles. The highest BCUT2D eigenvalue weighted by atomic mass is 16.2. The summed E-state index contributed by atoms with van der Waals surface area (Å²) in [7, 11) is 0. The number of carbonyl (C=O) groups excluding carboxylic acids is 3. The summed E-state index contributed by atoms with van der Waals surface area (Å²) in [5, 5.41) is 2.93. The van der Waals surface area contributed by atoms with Crippen LogP contribution in [-0.2, 0) is 4.79 Å². The van der Waals surface area contributed by atoms with E-state index in [1.165, 1.54) is 11.0 Å². The van der Waals surface area contributed by atoms with Crippen molar-refractivity contribution in [2.75, 3.05) is 13.1 Å². The molecule has 0 unspecified atom stereocenters. The molecule has 2 aliphatic heterocycles. The van der Waals surface area contributed by atoms with Crippen molar-refractivity contribution in [1.82, 2.24) is 20.1 Å². The zero-order chi connectivity index (χ0) is 16.4. The molecule has 2 fully saturated rings. The molecular weight excluding hydrogens is 296 g/mol. The number of aromatic nitrogens is 1. The Bertz CT molecular complexity index is 646. The van der Waals surface area contributed by atoms with Gasteiger partial charge in [0.15, 0.2) is 0 Å². The molecule has 7 nitrogen and oxygen atoms in total. The Labute approximate surface area is 134 Å². The van der Waals surface area contributed by atoms with E-state index >= 15 is 0 Å². The highest BCUT2D eigenvalue weighted by Gasteiger charge is 2.47. The summed E-state index contributed by atoms with van der Waals surface area (Å²) in [6.45, 7) is 4.25. The monoisotopic (exact) mass is 314 g/mol. The lowest BCUT2D eigenvalue weighted by molar-refractivity contribution is -0.128. The van der Waals surface area contributed by atoms with E-state index in [-0.39, 0.29) is 30.4 Å². The average molecular weight is 314 g/mol. The minimum Gasteiger partial charge on any atom is -0.349 e. The zero-order valence-corrected chi connectivity index (χ0v) is 12.6. The highest BCUT2D eigenvalue weighted by molar-refractivity contribution is 6.04. The summed E-state index contributed by atoms with van der Waals surface area (Å²) in [6.07, 6.45) is 5.73. The lowest BCUT2D eigenvalue weighted by Gasteiger charge is -2.32. The van der Waals surface area contributed by atoms with Crippen LogP contribution in [0.25, 0.3) is 0 Å². The Balaban J connectivity index is 1.66. The molecule has 0 spiro atoms. The minimum atomic E-state index is -0.487. The average Bonchev–Trinajstić information content (AvgIpc) is 2.81. The molecule has 120 valence electrons. The molecular formula is C16H18N4O3. The molecule has 2 aliphatic rings. The van der Waals surface area contributed by atoms with Gasteiger partial charge in [-0.25, -0.2) is 4.79 Å². The summed E-state index contributed by atoms with van der Waals surface area (Å²) in [4.78, 5) is 43.4. The molecule has 3 heterocycles. The highest BCUT2D eigenvalue weighted by Crippen LogP contribution is 2.27. The van der Waals surface area contributed by atoms with E-state index in [1.807, 2.05) is 0 Å². The lowest BCUT2D eigenvalue weighted by Crippen LogP contribution is -2.49. The molecule has 0 radical (unpaired) electrons. The third-order valence-electron chi connectivity index (χ3n) is 4.22. The molecule has 1 aromatic rings. The number of amides is 4. The van der Waals surface area contributed by atoms with Crippen LogP contribution in [0.15, 0.2) is 37.2 Å². The van der Waals surface area contributed by atoms with Crippen LogP contribution in [0, 0.1) is 0 Å². The summed E-state index contributed by atoms with van der Waals surface area (Å²) in [5.74, 6) is -0.400. The predicted molar refractivity (Wildman–Crippen MR) is 82.5 cm³/mol. The standard InChI is InChI=1S/C16H18N4O3/c1-2-8-20-15(22)13-10-12(5-9-19(13)16(20)23)18-14(21)11-3-6-17-7-4-11/h2-4,6-7,12-13H,1,5,8-10H2,(H,18,21)/t12-,13-/m0/s1. The maximum Gasteiger partial charge on any atom is 0.327 e. The number of pyridine rings is 1. The number of nitrogens with zero attached hydrogens (tertiary/aromatic N) is 3. The van der Waals surface area contributed by atoms with Crippen molar-refractivity contribution in [2.45, 2.75) is 24.9 Å². The smallest absolute Gasteiger partial charge is 0.327 e. The van der Waals surface area contributed by atoms with Gasteiger partial charge < -0.3 is 10.2 Å². The van der Waals surface area contributed by atoms with Crippen LogP contribution in [0.5, 0.6) is 0 Å². The van der Waals surface area contributed by atoms with Crippen molar-refractivity contribution < 1.29 is 14.4 Å². The van der Waals surface area contributed by atoms with Crippen LogP contribution in [0.2, 0.25) is 0 Å². The van der Waals surface area contributed by atoms with Crippen LogP contribution in [-0.4, -0.2) is 57.8 Å². The number of urea groups is 1. The first kappa shape index (κ1) is 15.2. The molecule has 2 saturated heterocycles. The van der Waals surface area contributed by atoms with E-state index < -0.39 is 6.04 Å². The molecule has 23 heavy (non-hydrogen) atoms. The number of carbonyl (C=O) groups is 3. The lowest BCUT2D eigenvalue weighted by atomic mass is 9.97. The second-order valence-corrected chi connectivity index (χ2v) is 5.66. The van der Waals surface area contributed by atoms with Crippen LogP contribution < -0.4 is 5.32 Å². The van der Waals surface area contributed by atoms with Crippen LogP contribution in [0.3, 0.4) is 0 Å². The fourth-order valence-corrected chi connectivity index (χ4v) is 3.06. The Morgan fingerprint density at radius 2 is 2.13 bits per heavy atom. The van der Waals surface area contributed by atoms with Gasteiger partial charge in [0.05, 0.1) is 0 Å². The van der Waals surface area contributed by atoms with Crippen LogP contribution in [0.1, 0.15) is 23.2 Å². The van der Waals surface area contributed by atoms with Gasteiger partial charge in [0, 0.05) is 37.1 Å². The third kappa shape index (κ3) is 2.81. The first-order valence-electron chi connectivity index (χ1n) is 7.55. The van der Waals surface area contributed by atoms with Gasteiger partial charge in [-0.1, -0.05) is 6.08 Å². The fourth-order valence-electron chi connectivity index (χ4n) is 3.06. The van der Waals surface area contributed by atoms with Crippen molar-refractivity contribution in [3.05, 3.63) is 42.7 Å². The maximum atomic E-state index is 12.3. The van der Waals surface area contributed by atoms with Crippen LogP contribution >= 0.6 is 0 Å². The first-order chi connectivity index (χ1) is 11.1. The van der Waals surface area contributed by atoms with Crippen molar-refractivity contribution in [3.63, 3.8) is 0 Å². The van der Waals surface area contributed by atoms with E-state index in [9.17, 15) is 14.4 Å². The number of hydrogen-bond acceptors (Lipinski definition) is 4. The molecule has 3 rings (SSSR count). The molecule has 2 atom stereocenters. The van der Waals surface area contributed by atoms with Gasteiger partial charge in [0.2, 0.25) is 0 Å². The maximum absolute atomic E-state index is 12.3. The largest absolute Gasteiger partial charge is 0.349 e. The predicted octanol–water partition coefficient (Wildman–Crippen LogP) is 0.793. The van der Waals surface area contributed by atoms with Gasteiger partial charge in [0.1, 0.15) is 6.04 Å². The van der Waals surface area contributed by atoms with Gasteiger partial charge in [0.25, 0.3) is 11.8 Å². The SMILES string of the molecule is C=CCN1C(=O)[C@@H]2C[C@@H](NC(=O)c3ccncc3)CCN2C1=O. The number of nitrogens with one attached hydrogen (secondary N) is 1. The van der Waals surface area contributed by atoms with E-state index in [4.69, 9.17) is 0 Å². The van der Waals surface area contributed by atoms with E-state index in [2.05, 4.69) is 16.9 Å². The fraction of sp³-hybridized carbons (Fsp3) is 0.375. The zero-order valence-electron chi connectivity index (χ0n) is 12.6. The normalized spacial score (nSPS) is 23.7. The summed E-state index contributed by atoms with van der Waals surface area (Å²) in [6, 6.07) is 2.40. The molecule has 0 saturated carbocycles. The number of fused-ring (bicyclic) bond motifs is 1. The molecule has 0 bridgehead atoms. The van der Waals surface area contributed by atoms with Gasteiger partial charge in [-0.15, -0.1) is 6.58 Å². The second kappa shape index (κ2) is 6.20. The van der Waals surface area contributed by atoms with Gasteiger partial charge >= 0.3 is 6.03 Å². The topological polar surface area (TPSA) is 82.6 Å². The quantitative estimate of drug-likeness (QED) is 0.658. The van der Waals surface area contributed by atoms with Gasteiger partial charge in [-0.05, 0) is 25.0 Å². The minimum absolute atomic E-state index is 0.127. The number of rotatable bonds is 4. The van der Waals surface area contributed by atoms with Crippen molar-refractivity contribution in [2.24, 2.45) is 0 Å². The molecule has 4 amide bonds. The Morgan fingerprint density at radius 1 is 1.39 bits per heavy atom. The van der Waals surface area contributed by atoms with Gasteiger partial charge in [-0.3, -0.25) is 19.5 Å². The molecule has 7 heteroatoms. The van der Waals surface area contributed by atoms with Crippen molar-refractivity contribution in [3.8, 4) is 0 Å². The number of hydrogen-bond donors (Lipinski definition) is 1. The molecule has 0 aliphatic carbocycles. The Kier molecular flexibility index (Phi) is 4.10. The summed E-state index contributed by atoms with van der Waals surface area (Å²) < 4.78 is 0. The Hall–Kier alpha value is -2.70. The number of piperidine rings is 1. The van der Waals surface area contributed by atoms with E-state index in [1.54, 1.807) is 29.4 Å². The van der Waals surface area contributed by atoms with E-state index in [0.717, 1.165) is 0 Å². The number of imide groups is 1.